The summed E-state index contributed by atoms with van der Waals surface area (Å²) in [6, 6.07) is 11.0. The van der Waals surface area contributed by atoms with Gasteiger partial charge in [-0.1, -0.05) is 26.0 Å². The lowest BCUT2D eigenvalue weighted by Gasteiger charge is -2.14. The average Bonchev–Trinajstić information content (AvgIpc) is 3.17. The van der Waals surface area contributed by atoms with Crippen LogP contribution in [0.1, 0.15) is 30.7 Å². The first-order valence-electron chi connectivity index (χ1n) is 8.62. The molecular weight excluding hydrogens is 330 g/mol. The van der Waals surface area contributed by atoms with Gasteiger partial charge in [0.1, 0.15) is 5.82 Å². The number of carboxylic acid groups (broad SMARTS) is 1. The molecule has 0 saturated heterocycles. The Morgan fingerprint density at radius 3 is 2.46 bits per heavy atom. The number of rotatable bonds is 7. The maximum Gasteiger partial charge on any atom is 0.307 e. The molecule has 0 atom stereocenters. The van der Waals surface area contributed by atoms with Crippen LogP contribution in [0.2, 0.25) is 0 Å². The molecule has 3 aromatic rings. The van der Waals surface area contributed by atoms with Crippen molar-refractivity contribution in [3.8, 4) is 11.6 Å². The number of hydrogen-bond acceptors (Lipinski definition) is 5. The molecule has 26 heavy (non-hydrogen) atoms. The second-order valence-electron chi connectivity index (χ2n) is 5.90. The van der Waals surface area contributed by atoms with E-state index in [-0.39, 0.29) is 6.42 Å². The van der Waals surface area contributed by atoms with E-state index in [2.05, 4.69) is 29.1 Å². The molecule has 0 saturated carbocycles. The van der Waals surface area contributed by atoms with Crippen LogP contribution >= 0.6 is 0 Å². The number of furan rings is 1. The van der Waals surface area contributed by atoms with E-state index < -0.39 is 5.97 Å². The minimum absolute atomic E-state index is 0.0105. The summed E-state index contributed by atoms with van der Waals surface area (Å²) < 4.78 is 5.44. The third-order valence-electron chi connectivity index (χ3n) is 4.09. The summed E-state index contributed by atoms with van der Waals surface area (Å²) in [5.74, 6) is 1.08. The molecule has 0 aliphatic heterocycles. The summed E-state index contributed by atoms with van der Waals surface area (Å²) in [6.45, 7) is 4.14. The Morgan fingerprint density at radius 2 is 1.88 bits per heavy atom. The molecular formula is C20H21N3O3. The zero-order chi connectivity index (χ0) is 18.5. The molecule has 2 N–H and O–H groups in total. The summed E-state index contributed by atoms with van der Waals surface area (Å²) in [6.07, 6.45) is 3.22. The van der Waals surface area contributed by atoms with Crippen LogP contribution in [-0.2, 0) is 24.1 Å². The van der Waals surface area contributed by atoms with E-state index >= 15 is 0 Å². The maximum atomic E-state index is 10.8. The van der Waals surface area contributed by atoms with Crippen LogP contribution in [0, 0.1) is 0 Å². The van der Waals surface area contributed by atoms with Crippen LogP contribution in [0.25, 0.3) is 11.6 Å². The zero-order valence-electron chi connectivity index (χ0n) is 14.8. The second-order valence-corrected chi connectivity index (χ2v) is 5.90. The van der Waals surface area contributed by atoms with E-state index in [9.17, 15) is 4.79 Å². The van der Waals surface area contributed by atoms with Crippen molar-refractivity contribution < 1.29 is 14.3 Å². The molecule has 0 spiro atoms. The second kappa shape index (κ2) is 7.82. The van der Waals surface area contributed by atoms with Gasteiger partial charge in [0.2, 0.25) is 0 Å². The van der Waals surface area contributed by atoms with Crippen molar-refractivity contribution in [1.29, 1.82) is 0 Å². The highest BCUT2D eigenvalue weighted by atomic mass is 16.4. The van der Waals surface area contributed by atoms with Crippen LogP contribution in [0.5, 0.6) is 0 Å². The van der Waals surface area contributed by atoms with E-state index in [1.807, 2.05) is 24.3 Å². The van der Waals surface area contributed by atoms with Gasteiger partial charge in [0.25, 0.3) is 0 Å². The number of nitrogens with zero attached hydrogens (tertiary/aromatic N) is 2. The van der Waals surface area contributed by atoms with Gasteiger partial charge in [0.05, 0.1) is 12.7 Å². The molecule has 3 rings (SSSR count). The first-order chi connectivity index (χ1) is 12.6. The fourth-order valence-electron chi connectivity index (χ4n) is 2.83. The number of aryl methyl sites for hydroxylation is 1. The molecule has 0 radical (unpaired) electrons. The summed E-state index contributed by atoms with van der Waals surface area (Å²) in [4.78, 5) is 20.1. The molecule has 2 heterocycles. The number of carboxylic acids is 1. The summed E-state index contributed by atoms with van der Waals surface area (Å²) in [5, 5.41) is 12.2. The number of anilines is 2. The van der Waals surface area contributed by atoms with E-state index in [0.29, 0.717) is 11.6 Å². The van der Waals surface area contributed by atoms with Crippen molar-refractivity contribution in [2.45, 2.75) is 33.1 Å². The van der Waals surface area contributed by atoms with E-state index in [1.165, 1.54) is 0 Å². The average molecular weight is 351 g/mol. The van der Waals surface area contributed by atoms with Crippen molar-refractivity contribution in [3.05, 3.63) is 59.5 Å². The lowest BCUT2D eigenvalue weighted by atomic mass is 10.1. The van der Waals surface area contributed by atoms with Crippen LogP contribution in [0.15, 0.2) is 47.1 Å². The van der Waals surface area contributed by atoms with E-state index in [1.54, 1.807) is 18.4 Å². The lowest BCUT2D eigenvalue weighted by molar-refractivity contribution is -0.136. The van der Waals surface area contributed by atoms with Gasteiger partial charge in [-0.3, -0.25) is 4.79 Å². The van der Waals surface area contributed by atoms with Crippen molar-refractivity contribution in [3.63, 3.8) is 0 Å². The number of aliphatic carboxylic acids is 1. The van der Waals surface area contributed by atoms with Crippen LogP contribution in [0.4, 0.5) is 11.5 Å². The van der Waals surface area contributed by atoms with Crippen LogP contribution in [0.3, 0.4) is 0 Å². The van der Waals surface area contributed by atoms with Crippen molar-refractivity contribution in [2.24, 2.45) is 0 Å². The van der Waals surface area contributed by atoms with Crippen molar-refractivity contribution >= 4 is 17.5 Å². The molecule has 0 amide bonds. The molecule has 134 valence electrons. The smallest absolute Gasteiger partial charge is 0.307 e. The third-order valence-corrected chi connectivity index (χ3v) is 4.09. The number of aromatic nitrogens is 2. The third kappa shape index (κ3) is 3.91. The Morgan fingerprint density at radius 1 is 1.12 bits per heavy atom. The molecule has 2 aromatic heterocycles. The molecule has 6 nitrogen and oxygen atoms in total. The Bertz CT molecular complexity index is 887. The Balaban J connectivity index is 1.95. The highest BCUT2D eigenvalue weighted by Gasteiger charge is 2.15. The van der Waals surface area contributed by atoms with Crippen molar-refractivity contribution in [2.75, 3.05) is 5.32 Å². The Kier molecular flexibility index (Phi) is 5.31. The highest BCUT2D eigenvalue weighted by molar-refractivity contribution is 5.71. The standard InChI is InChI=1S/C20H21N3O3/c1-3-15-16(4-2)22-20(17-6-5-11-26-17)23-19(15)21-14-9-7-13(8-10-14)12-18(24)25/h5-11H,3-4,12H2,1-2H3,(H,24,25)(H,21,22,23). The molecule has 1 aromatic carbocycles. The molecule has 0 aliphatic rings. The van der Waals surface area contributed by atoms with Gasteiger partial charge in [0.15, 0.2) is 11.6 Å². The van der Waals surface area contributed by atoms with Crippen molar-refractivity contribution in [1.82, 2.24) is 9.97 Å². The number of carbonyl (C=O) groups is 1. The van der Waals surface area contributed by atoms with Gasteiger partial charge >= 0.3 is 5.97 Å². The monoisotopic (exact) mass is 351 g/mol. The topological polar surface area (TPSA) is 88.3 Å². The zero-order valence-corrected chi connectivity index (χ0v) is 14.8. The van der Waals surface area contributed by atoms with Gasteiger partial charge in [-0.25, -0.2) is 9.97 Å². The highest BCUT2D eigenvalue weighted by Crippen LogP contribution is 2.26. The fourth-order valence-corrected chi connectivity index (χ4v) is 2.83. The van der Waals surface area contributed by atoms with Gasteiger partial charge in [-0.05, 0) is 42.7 Å². The van der Waals surface area contributed by atoms with Gasteiger partial charge in [-0.2, -0.15) is 0 Å². The molecule has 0 bridgehead atoms. The quantitative estimate of drug-likeness (QED) is 0.662. The SMILES string of the molecule is CCc1nc(-c2ccco2)nc(Nc2ccc(CC(=O)O)cc2)c1CC. The summed E-state index contributed by atoms with van der Waals surface area (Å²) >= 11 is 0. The Hall–Kier alpha value is -3.15. The molecule has 0 aliphatic carbocycles. The molecule has 0 unspecified atom stereocenters. The largest absolute Gasteiger partial charge is 0.481 e. The summed E-state index contributed by atoms with van der Waals surface area (Å²) in [5.41, 5.74) is 3.66. The van der Waals surface area contributed by atoms with Gasteiger partial charge in [0, 0.05) is 16.9 Å². The molecule has 0 fully saturated rings. The maximum absolute atomic E-state index is 10.8. The van der Waals surface area contributed by atoms with Crippen LogP contribution in [-0.4, -0.2) is 21.0 Å². The first-order valence-corrected chi connectivity index (χ1v) is 8.62. The predicted molar refractivity (Wildman–Crippen MR) is 99.6 cm³/mol. The minimum atomic E-state index is -0.842. The Labute approximate surface area is 151 Å². The van der Waals surface area contributed by atoms with E-state index in [4.69, 9.17) is 9.52 Å². The van der Waals surface area contributed by atoms with Gasteiger partial charge < -0.3 is 14.8 Å². The summed E-state index contributed by atoms with van der Waals surface area (Å²) in [7, 11) is 0. The first kappa shape index (κ1) is 17.7. The predicted octanol–water partition coefficient (Wildman–Crippen LogP) is 4.23. The number of hydrogen-bond donors (Lipinski definition) is 2. The fraction of sp³-hybridized carbons (Fsp3) is 0.250. The normalized spacial score (nSPS) is 10.7. The minimum Gasteiger partial charge on any atom is -0.481 e. The molecule has 6 heteroatoms. The lowest BCUT2D eigenvalue weighted by Crippen LogP contribution is -2.07. The number of benzene rings is 1. The number of nitrogens with one attached hydrogen (secondary N) is 1. The van der Waals surface area contributed by atoms with Gasteiger partial charge in [-0.15, -0.1) is 0 Å². The van der Waals surface area contributed by atoms with E-state index in [0.717, 1.165) is 41.2 Å². The van der Waals surface area contributed by atoms with Crippen LogP contribution < -0.4 is 5.32 Å².